The number of carbonyl (C=O) groups is 1. The summed E-state index contributed by atoms with van der Waals surface area (Å²) in [6, 6.07) is 12.5. The number of rotatable bonds is 7. The fourth-order valence-corrected chi connectivity index (χ4v) is 4.11. The van der Waals surface area contributed by atoms with Crippen LogP contribution in [-0.4, -0.2) is 61.7 Å². The molecule has 2 fully saturated rings. The van der Waals surface area contributed by atoms with Crippen molar-refractivity contribution in [3.63, 3.8) is 0 Å². The molecule has 2 heterocycles. The van der Waals surface area contributed by atoms with Crippen LogP contribution in [0.1, 0.15) is 28.8 Å². The lowest BCUT2D eigenvalue weighted by Crippen LogP contribution is -2.37. The van der Waals surface area contributed by atoms with Gasteiger partial charge in [0.1, 0.15) is 5.69 Å². The maximum Gasteiger partial charge on any atom is 0.293 e. The van der Waals surface area contributed by atoms with Gasteiger partial charge in [-0.3, -0.25) is 19.8 Å². The Morgan fingerprint density at radius 3 is 2.42 bits per heavy atom. The molecular weight excluding hydrogens is 396 g/mol. The van der Waals surface area contributed by atoms with Gasteiger partial charge in [0.2, 0.25) is 0 Å². The molecule has 0 aromatic heterocycles. The minimum absolute atomic E-state index is 0.0204. The number of hydrogen-bond acceptors (Lipinski definition) is 6. The molecule has 2 aliphatic heterocycles. The number of anilines is 2. The van der Waals surface area contributed by atoms with Crippen molar-refractivity contribution in [3.8, 4) is 0 Å². The number of morpholine rings is 1. The van der Waals surface area contributed by atoms with Crippen molar-refractivity contribution in [1.82, 2.24) is 4.90 Å². The summed E-state index contributed by atoms with van der Waals surface area (Å²) in [5.41, 5.74) is 2.73. The summed E-state index contributed by atoms with van der Waals surface area (Å²) in [4.78, 5) is 28.2. The van der Waals surface area contributed by atoms with Crippen LogP contribution >= 0.6 is 0 Å². The molecule has 2 aromatic rings. The number of benzene rings is 2. The lowest BCUT2D eigenvalue weighted by molar-refractivity contribution is -0.384. The van der Waals surface area contributed by atoms with Gasteiger partial charge in [0.15, 0.2) is 0 Å². The molecule has 0 unspecified atom stereocenters. The minimum Gasteiger partial charge on any atom is -0.379 e. The molecule has 8 nitrogen and oxygen atoms in total. The molecule has 4 rings (SSSR count). The highest BCUT2D eigenvalue weighted by molar-refractivity contribution is 6.05. The second kappa shape index (κ2) is 9.89. The van der Waals surface area contributed by atoms with Crippen LogP contribution in [0.5, 0.6) is 0 Å². The first-order valence-electron chi connectivity index (χ1n) is 10.8. The van der Waals surface area contributed by atoms with Crippen LogP contribution < -0.4 is 10.2 Å². The van der Waals surface area contributed by atoms with Crippen molar-refractivity contribution in [3.05, 3.63) is 63.7 Å². The van der Waals surface area contributed by atoms with E-state index in [0.717, 1.165) is 65.2 Å². The van der Waals surface area contributed by atoms with Gasteiger partial charge < -0.3 is 15.0 Å². The summed E-state index contributed by atoms with van der Waals surface area (Å²) >= 11 is 0. The smallest absolute Gasteiger partial charge is 0.293 e. The van der Waals surface area contributed by atoms with Crippen LogP contribution in [0, 0.1) is 10.1 Å². The number of amides is 1. The van der Waals surface area contributed by atoms with E-state index in [4.69, 9.17) is 4.74 Å². The lowest BCUT2D eigenvalue weighted by Gasteiger charge is -2.26. The summed E-state index contributed by atoms with van der Waals surface area (Å²) in [5, 5.41) is 14.4. The standard InChI is InChI=1S/C23H28N4O4/c28-23(19-5-8-21(22(17-19)27(29)30)26-10-1-2-11-26)24-20-6-3-18(4-7-20)9-12-25-13-15-31-16-14-25/h3-8,17H,1-2,9-16H2,(H,24,28). The zero-order chi connectivity index (χ0) is 21.6. The summed E-state index contributed by atoms with van der Waals surface area (Å²) < 4.78 is 5.37. The van der Waals surface area contributed by atoms with E-state index in [9.17, 15) is 14.9 Å². The summed E-state index contributed by atoms with van der Waals surface area (Å²) in [5.74, 6) is -0.350. The van der Waals surface area contributed by atoms with Gasteiger partial charge in [-0.05, 0) is 49.1 Å². The van der Waals surface area contributed by atoms with Crippen LogP contribution in [0.3, 0.4) is 0 Å². The van der Waals surface area contributed by atoms with Gasteiger partial charge in [-0.25, -0.2) is 0 Å². The van der Waals surface area contributed by atoms with Crippen LogP contribution in [0.4, 0.5) is 17.1 Å². The topological polar surface area (TPSA) is 88.0 Å². The van der Waals surface area contributed by atoms with E-state index in [1.165, 1.54) is 11.6 Å². The summed E-state index contributed by atoms with van der Waals surface area (Å²) in [6.07, 6.45) is 3.00. The van der Waals surface area contributed by atoms with Gasteiger partial charge in [-0.15, -0.1) is 0 Å². The number of carbonyl (C=O) groups excluding carboxylic acids is 1. The maximum absolute atomic E-state index is 12.7. The molecule has 31 heavy (non-hydrogen) atoms. The average Bonchev–Trinajstić information content (AvgIpc) is 3.34. The molecule has 2 aromatic carbocycles. The molecule has 0 aliphatic carbocycles. The second-order valence-corrected chi connectivity index (χ2v) is 8.01. The van der Waals surface area contributed by atoms with E-state index < -0.39 is 4.92 Å². The maximum atomic E-state index is 12.7. The van der Waals surface area contributed by atoms with E-state index in [0.29, 0.717) is 11.4 Å². The Morgan fingerprint density at radius 2 is 1.74 bits per heavy atom. The Labute approximate surface area is 181 Å². The Kier molecular flexibility index (Phi) is 6.79. The van der Waals surface area contributed by atoms with Gasteiger partial charge in [-0.1, -0.05) is 12.1 Å². The Morgan fingerprint density at radius 1 is 1.03 bits per heavy atom. The van der Waals surface area contributed by atoms with E-state index in [1.807, 2.05) is 29.2 Å². The molecule has 1 N–H and O–H groups in total. The SMILES string of the molecule is O=C(Nc1ccc(CCN2CCOCC2)cc1)c1ccc(N2CCCC2)c([N+](=O)[O-])c1. The van der Waals surface area contributed by atoms with E-state index >= 15 is 0 Å². The molecule has 8 heteroatoms. The van der Waals surface area contributed by atoms with E-state index in [2.05, 4.69) is 10.2 Å². The van der Waals surface area contributed by atoms with Crippen molar-refractivity contribution >= 4 is 23.0 Å². The highest BCUT2D eigenvalue weighted by atomic mass is 16.6. The third kappa shape index (κ3) is 5.39. The summed E-state index contributed by atoms with van der Waals surface area (Å²) in [7, 11) is 0. The fraction of sp³-hybridized carbons (Fsp3) is 0.435. The Hall–Kier alpha value is -2.97. The molecule has 0 spiro atoms. The van der Waals surface area contributed by atoms with Gasteiger partial charge in [0.05, 0.1) is 18.1 Å². The second-order valence-electron chi connectivity index (χ2n) is 8.01. The van der Waals surface area contributed by atoms with Crippen molar-refractivity contribution in [1.29, 1.82) is 0 Å². The number of ether oxygens (including phenoxy) is 1. The van der Waals surface area contributed by atoms with Crippen molar-refractivity contribution < 1.29 is 14.5 Å². The van der Waals surface area contributed by atoms with Gasteiger partial charge >= 0.3 is 0 Å². The molecule has 0 bridgehead atoms. The third-order valence-corrected chi connectivity index (χ3v) is 5.91. The fourth-order valence-electron chi connectivity index (χ4n) is 4.11. The zero-order valence-electron chi connectivity index (χ0n) is 17.6. The first kappa shape index (κ1) is 21.3. The van der Waals surface area contributed by atoms with Crippen molar-refractivity contribution in [2.45, 2.75) is 19.3 Å². The van der Waals surface area contributed by atoms with E-state index in [-0.39, 0.29) is 17.2 Å². The molecule has 1 amide bonds. The zero-order valence-corrected chi connectivity index (χ0v) is 17.6. The molecule has 2 saturated heterocycles. The molecule has 0 saturated carbocycles. The van der Waals surface area contributed by atoms with Gasteiger partial charge in [-0.2, -0.15) is 0 Å². The highest BCUT2D eigenvalue weighted by Crippen LogP contribution is 2.31. The third-order valence-electron chi connectivity index (χ3n) is 5.91. The first-order valence-corrected chi connectivity index (χ1v) is 10.8. The predicted molar refractivity (Wildman–Crippen MR) is 120 cm³/mol. The Balaban J connectivity index is 1.38. The largest absolute Gasteiger partial charge is 0.379 e. The molecule has 0 radical (unpaired) electrons. The number of hydrogen-bond donors (Lipinski definition) is 1. The van der Waals surface area contributed by atoms with Crippen LogP contribution in [0.25, 0.3) is 0 Å². The summed E-state index contributed by atoms with van der Waals surface area (Å²) in [6.45, 7) is 6.13. The van der Waals surface area contributed by atoms with Crippen LogP contribution in [-0.2, 0) is 11.2 Å². The van der Waals surface area contributed by atoms with E-state index in [1.54, 1.807) is 12.1 Å². The van der Waals surface area contributed by atoms with Gasteiger partial charge in [0, 0.05) is 50.0 Å². The van der Waals surface area contributed by atoms with Crippen molar-refractivity contribution in [2.75, 3.05) is 56.2 Å². The van der Waals surface area contributed by atoms with Gasteiger partial charge in [0.25, 0.3) is 11.6 Å². The molecular formula is C23H28N4O4. The average molecular weight is 425 g/mol. The van der Waals surface area contributed by atoms with Crippen LogP contribution in [0.15, 0.2) is 42.5 Å². The monoisotopic (exact) mass is 424 g/mol. The lowest BCUT2D eigenvalue weighted by atomic mass is 10.1. The minimum atomic E-state index is -0.409. The van der Waals surface area contributed by atoms with Crippen molar-refractivity contribution in [2.24, 2.45) is 0 Å². The highest BCUT2D eigenvalue weighted by Gasteiger charge is 2.24. The number of nitro groups is 1. The first-order chi connectivity index (χ1) is 15.1. The normalized spacial score (nSPS) is 17.0. The Bertz CT molecular complexity index is 920. The van der Waals surface area contributed by atoms with Crippen LogP contribution in [0.2, 0.25) is 0 Å². The molecule has 0 atom stereocenters. The number of nitrogens with one attached hydrogen (secondary N) is 1. The molecule has 164 valence electrons. The number of nitro benzene ring substituents is 1. The molecule has 2 aliphatic rings. The number of nitrogens with zero attached hydrogens (tertiary/aromatic N) is 3. The predicted octanol–water partition coefficient (Wildman–Crippen LogP) is 3.32. The quantitative estimate of drug-likeness (QED) is 0.542.